The molecule has 1 aliphatic heterocycles. The average molecular weight is 695 g/mol. The van der Waals surface area contributed by atoms with Gasteiger partial charge in [-0.25, -0.2) is 13.6 Å². The Morgan fingerprint density at radius 2 is 1.55 bits per heavy atom. The molecule has 1 heterocycles. The Hall–Kier alpha value is -4.72. The molecule has 1 amide bonds. The Bertz CT molecular complexity index is 1590. The minimum absolute atomic E-state index is 0.0545. The Labute approximate surface area is 281 Å². The normalized spacial score (nSPS) is 15.8. The van der Waals surface area contributed by atoms with E-state index < -0.39 is 23.9 Å². The number of hydrogen-bond acceptors (Lipinski definition) is 7. The molecule has 0 aliphatic carbocycles. The number of ether oxygens (including phenoxy) is 3. The highest BCUT2D eigenvalue weighted by Gasteiger charge is 2.42. The van der Waals surface area contributed by atoms with Gasteiger partial charge in [-0.3, -0.25) is 4.79 Å². The molecule has 0 aromatic heterocycles. The van der Waals surface area contributed by atoms with Crippen LogP contribution in [-0.2, 0) is 20.9 Å². The topological polar surface area (TPSA) is 122 Å². The summed E-state index contributed by atoms with van der Waals surface area (Å²) in [6, 6.07) is 14.5. The summed E-state index contributed by atoms with van der Waals surface area (Å²) in [5.74, 6) is -3.46. The second kappa shape index (κ2) is 17.1. The lowest BCUT2D eigenvalue weighted by molar-refractivity contribution is -0.672. The molecule has 1 atom stereocenters. The van der Waals surface area contributed by atoms with Crippen molar-refractivity contribution in [3.8, 4) is 22.6 Å². The number of anilines is 1. The molecule has 0 radical (unpaired) electrons. The highest BCUT2D eigenvalue weighted by molar-refractivity contribution is 5.97. The first kappa shape index (κ1) is 38.7. The van der Waals surface area contributed by atoms with Crippen molar-refractivity contribution >= 4 is 23.5 Å². The number of amides is 1. The van der Waals surface area contributed by atoms with Crippen molar-refractivity contribution in [1.82, 2.24) is 0 Å². The van der Waals surface area contributed by atoms with Crippen LogP contribution in [0, 0.1) is 17.0 Å². The average Bonchev–Trinajstić information content (AvgIpc) is 3.40. The zero-order chi connectivity index (χ0) is 36.4. The maximum absolute atomic E-state index is 14.6. The van der Waals surface area contributed by atoms with Crippen molar-refractivity contribution in [3.63, 3.8) is 0 Å². The van der Waals surface area contributed by atoms with E-state index in [2.05, 4.69) is 17.0 Å². The van der Waals surface area contributed by atoms with Crippen LogP contribution in [-0.4, -0.2) is 57.4 Å². The summed E-state index contributed by atoms with van der Waals surface area (Å²) in [4.78, 5) is 35.2. The van der Waals surface area contributed by atoms with Crippen molar-refractivity contribution in [2.45, 2.75) is 52.8 Å². The lowest BCUT2D eigenvalue weighted by atomic mass is 9.81. The number of aliphatic carboxylic acids is 1. The summed E-state index contributed by atoms with van der Waals surface area (Å²) >= 11 is 0. The lowest BCUT2D eigenvalue weighted by Gasteiger charge is -2.27. The Balaban J connectivity index is 0.000000838. The van der Waals surface area contributed by atoms with E-state index in [1.165, 1.54) is 31.4 Å². The fourth-order valence-electron chi connectivity index (χ4n) is 5.54. The molecule has 1 fully saturated rings. The number of hydrogen-bond donors (Lipinski definition) is 1. The van der Waals surface area contributed by atoms with Gasteiger partial charge in [0, 0.05) is 36.1 Å². The van der Waals surface area contributed by atoms with Crippen molar-refractivity contribution in [3.05, 3.63) is 77.4 Å². The van der Waals surface area contributed by atoms with Crippen LogP contribution in [0.5, 0.6) is 11.5 Å². The van der Waals surface area contributed by atoms with Crippen LogP contribution in [0.25, 0.3) is 11.1 Å². The van der Waals surface area contributed by atoms with Crippen LogP contribution in [0.1, 0.15) is 56.0 Å². The summed E-state index contributed by atoms with van der Waals surface area (Å²) in [6.07, 6.45) is -3.20. The molecule has 2 N–H and O–H groups in total. The largest absolute Gasteiger partial charge is 0.542 e. The molecule has 266 valence electrons. The van der Waals surface area contributed by atoms with Crippen molar-refractivity contribution < 1.29 is 61.0 Å². The predicted molar refractivity (Wildman–Crippen MR) is 168 cm³/mol. The molecular formula is C35H39F5N2O7. The zero-order valence-electron chi connectivity index (χ0n) is 27.6. The third-order valence-electron chi connectivity index (χ3n) is 8.09. The molecule has 3 aromatic rings. The summed E-state index contributed by atoms with van der Waals surface area (Å²) < 4.78 is 76.3. The number of quaternary nitrogens is 1. The van der Waals surface area contributed by atoms with E-state index in [1.807, 2.05) is 26.0 Å². The maximum atomic E-state index is 14.6. The zero-order valence-corrected chi connectivity index (χ0v) is 27.6. The molecule has 0 bridgehead atoms. The predicted octanol–water partition coefficient (Wildman–Crippen LogP) is 4.80. The highest BCUT2D eigenvalue weighted by Crippen LogP contribution is 2.41. The van der Waals surface area contributed by atoms with E-state index in [0.717, 1.165) is 36.1 Å². The van der Waals surface area contributed by atoms with Crippen molar-refractivity contribution in [2.24, 2.45) is 5.41 Å². The van der Waals surface area contributed by atoms with Gasteiger partial charge >= 0.3 is 12.1 Å². The number of carbonyl (C=O) groups excluding carboxylic acids is 3. The SMILES string of the molecule is CCOc1cc(C[NH2+]CCC2(CC)CC(=O)N(c3ccc(C(=O)OC)c(F)c3)C2)cc(OCC)c1-c1ccc(F)cc1.O=C([O-])C(F)(F)F. The molecule has 3 aromatic carbocycles. The minimum atomic E-state index is -5.19. The first-order chi connectivity index (χ1) is 23.2. The molecule has 1 saturated heterocycles. The van der Waals surface area contributed by atoms with E-state index in [9.17, 15) is 31.5 Å². The first-order valence-electron chi connectivity index (χ1n) is 15.6. The van der Waals surface area contributed by atoms with Crippen LogP contribution in [0.3, 0.4) is 0 Å². The van der Waals surface area contributed by atoms with Gasteiger partial charge in [0.15, 0.2) is 0 Å². The van der Waals surface area contributed by atoms with E-state index in [-0.39, 0.29) is 22.7 Å². The summed E-state index contributed by atoms with van der Waals surface area (Å²) in [5, 5.41) is 11.0. The third kappa shape index (κ3) is 10.1. The van der Waals surface area contributed by atoms with Gasteiger partial charge < -0.3 is 34.3 Å². The number of carboxylic acids is 1. The fourth-order valence-corrected chi connectivity index (χ4v) is 5.54. The Kier molecular flexibility index (Phi) is 13.5. The third-order valence-corrected chi connectivity index (χ3v) is 8.09. The number of rotatable bonds is 13. The van der Waals surface area contributed by atoms with Gasteiger partial charge in [-0.1, -0.05) is 19.1 Å². The number of esters is 1. The van der Waals surface area contributed by atoms with E-state index in [4.69, 9.17) is 19.4 Å². The maximum Gasteiger partial charge on any atom is 0.430 e. The van der Waals surface area contributed by atoms with Gasteiger partial charge in [-0.2, -0.15) is 13.2 Å². The highest BCUT2D eigenvalue weighted by atomic mass is 19.4. The minimum Gasteiger partial charge on any atom is -0.542 e. The number of carboxylic acid groups (broad SMARTS) is 1. The number of alkyl halides is 3. The second-order valence-electron chi connectivity index (χ2n) is 11.3. The number of carbonyl (C=O) groups is 3. The van der Waals surface area contributed by atoms with Gasteiger partial charge in [-0.15, -0.1) is 0 Å². The first-order valence-corrected chi connectivity index (χ1v) is 15.6. The molecule has 0 spiro atoms. The van der Waals surface area contributed by atoms with Crippen LogP contribution in [0.4, 0.5) is 27.6 Å². The molecule has 14 heteroatoms. The van der Waals surface area contributed by atoms with E-state index in [0.29, 0.717) is 49.9 Å². The van der Waals surface area contributed by atoms with Gasteiger partial charge in [0.05, 0.1) is 38.0 Å². The quantitative estimate of drug-likeness (QED) is 0.155. The molecule has 0 saturated carbocycles. The van der Waals surface area contributed by atoms with Crippen LogP contribution < -0.4 is 24.8 Å². The van der Waals surface area contributed by atoms with Crippen molar-refractivity contribution in [2.75, 3.05) is 38.3 Å². The number of methoxy groups -OCH3 is 1. The molecule has 1 aliphatic rings. The van der Waals surface area contributed by atoms with Gasteiger partial charge in [-0.05, 0) is 68.3 Å². The molecule has 1 unspecified atom stereocenters. The van der Waals surface area contributed by atoms with Gasteiger partial charge in [0.2, 0.25) is 5.91 Å². The standard InChI is InChI=1S/C33H38F2N2O5.C2HF3O2/c1-5-33(19-30(38)37(21-33)25-12-13-26(27(35)18-25)32(39)40-4)14-15-36-20-22-16-28(41-6-2)31(29(17-22)42-7-3)23-8-10-24(34)11-9-23;3-2(4,5)1(6)7/h8-13,16-18,36H,5-7,14-15,19-21H2,1-4H3;(H,6,7). The van der Waals surface area contributed by atoms with Crippen LogP contribution >= 0.6 is 0 Å². The number of halogens is 5. The summed E-state index contributed by atoms with van der Waals surface area (Å²) in [6.45, 7) is 8.84. The van der Waals surface area contributed by atoms with Gasteiger partial charge in [0.1, 0.15) is 35.6 Å². The van der Waals surface area contributed by atoms with Crippen LogP contribution in [0.15, 0.2) is 54.6 Å². The summed E-state index contributed by atoms with van der Waals surface area (Å²) in [5.41, 5.74) is 2.70. The Morgan fingerprint density at radius 3 is 2.04 bits per heavy atom. The second-order valence-corrected chi connectivity index (χ2v) is 11.3. The van der Waals surface area contributed by atoms with Crippen molar-refractivity contribution in [1.29, 1.82) is 0 Å². The molecule has 49 heavy (non-hydrogen) atoms. The van der Waals surface area contributed by atoms with Crippen LogP contribution in [0.2, 0.25) is 0 Å². The molecular weight excluding hydrogens is 655 g/mol. The molecule has 9 nitrogen and oxygen atoms in total. The lowest BCUT2D eigenvalue weighted by Crippen LogP contribution is -2.83. The Morgan fingerprint density at radius 1 is 0.959 bits per heavy atom. The smallest absolute Gasteiger partial charge is 0.430 e. The number of nitrogens with two attached hydrogens (primary N) is 1. The monoisotopic (exact) mass is 694 g/mol. The number of benzene rings is 3. The fraction of sp³-hybridized carbons (Fsp3) is 0.400. The molecule has 4 rings (SSSR count). The number of nitrogens with zero attached hydrogens (tertiary/aromatic N) is 1. The van der Waals surface area contributed by atoms with E-state index >= 15 is 0 Å². The van der Waals surface area contributed by atoms with E-state index in [1.54, 1.807) is 23.1 Å². The summed E-state index contributed by atoms with van der Waals surface area (Å²) in [7, 11) is 1.20. The van der Waals surface area contributed by atoms with Gasteiger partial charge in [0.25, 0.3) is 0 Å².